The zero-order valence-electron chi connectivity index (χ0n) is 11.5. The predicted octanol–water partition coefficient (Wildman–Crippen LogP) is 3.21. The molecule has 1 rings (SSSR count). The molecule has 0 fully saturated rings. The fourth-order valence-electron chi connectivity index (χ4n) is 1.36. The van der Waals surface area contributed by atoms with E-state index in [1.54, 1.807) is 20.8 Å². The normalized spacial score (nSPS) is 11.7. The van der Waals surface area contributed by atoms with E-state index in [4.69, 9.17) is 4.74 Å². The first-order valence-electron chi connectivity index (χ1n) is 6.00. The molecule has 0 aliphatic heterocycles. The van der Waals surface area contributed by atoms with Crippen LogP contribution >= 0.6 is 0 Å². The first kappa shape index (κ1) is 15.9. The van der Waals surface area contributed by atoms with Gasteiger partial charge in [0.1, 0.15) is 11.4 Å². The highest BCUT2D eigenvalue weighted by Crippen LogP contribution is 2.23. The number of nitrogens with one attached hydrogen (secondary N) is 1. The maximum atomic E-state index is 13.0. The van der Waals surface area contributed by atoms with Crippen LogP contribution in [-0.4, -0.2) is 23.3 Å². The Hall–Kier alpha value is -2.11. The van der Waals surface area contributed by atoms with Gasteiger partial charge >= 0.3 is 6.09 Å². The molecule has 20 heavy (non-hydrogen) atoms. The van der Waals surface area contributed by atoms with E-state index in [1.165, 1.54) is 12.2 Å². The molecule has 0 aliphatic carbocycles. The van der Waals surface area contributed by atoms with Crippen molar-refractivity contribution < 1.29 is 23.4 Å². The molecule has 0 aliphatic rings. The number of amides is 1. The number of carbonyl (C=O) groups excluding carboxylic acids is 1. The van der Waals surface area contributed by atoms with Gasteiger partial charge in [-0.1, -0.05) is 12.2 Å². The molecule has 1 aromatic carbocycles. The number of carbonyl (C=O) groups is 1. The molecule has 4 nitrogen and oxygen atoms in total. The summed E-state index contributed by atoms with van der Waals surface area (Å²) in [5.74, 6) is -2.47. The Kier molecular flexibility index (Phi) is 5.07. The van der Waals surface area contributed by atoms with Crippen LogP contribution in [0.5, 0.6) is 5.75 Å². The maximum Gasteiger partial charge on any atom is 0.407 e. The topological polar surface area (TPSA) is 58.6 Å². The van der Waals surface area contributed by atoms with Gasteiger partial charge in [0.15, 0.2) is 11.6 Å². The van der Waals surface area contributed by atoms with Crippen LogP contribution in [0.1, 0.15) is 26.3 Å². The summed E-state index contributed by atoms with van der Waals surface area (Å²) in [4.78, 5) is 11.3. The van der Waals surface area contributed by atoms with Gasteiger partial charge in [-0.15, -0.1) is 0 Å². The van der Waals surface area contributed by atoms with E-state index in [0.29, 0.717) is 6.07 Å². The minimum Gasteiger partial charge on any atom is -0.504 e. The summed E-state index contributed by atoms with van der Waals surface area (Å²) in [5, 5.41) is 11.8. The minimum atomic E-state index is -1.04. The fraction of sp³-hybridized carbons (Fsp3) is 0.357. The molecule has 2 N–H and O–H groups in total. The molecule has 6 heteroatoms. The molecule has 0 atom stereocenters. The first-order valence-corrected chi connectivity index (χ1v) is 6.00. The van der Waals surface area contributed by atoms with Crippen LogP contribution in [0.3, 0.4) is 0 Å². The predicted molar refractivity (Wildman–Crippen MR) is 71.3 cm³/mol. The monoisotopic (exact) mass is 285 g/mol. The molecule has 1 aromatic rings. The van der Waals surface area contributed by atoms with Crippen molar-refractivity contribution >= 4 is 12.2 Å². The lowest BCUT2D eigenvalue weighted by atomic mass is 10.1. The zero-order chi connectivity index (χ0) is 15.3. The summed E-state index contributed by atoms with van der Waals surface area (Å²) >= 11 is 0. The summed E-state index contributed by atoms with van der Waals surface area (Å²) in [6.45, 7) is 5.30. The Bertz CT molecular complexity index is 522. The number of rotatable bonds is 3. The van der Waals surface area contributed by atoms with Crippen LogP contribution < -0.4 is 5.32 Å². The molecular formula is C14H17F2NO3. The maximum absolute atomic E-state index is 13.0. The van der Waals surface area contributed by atoms with Crippen LogP contribution in [0.15, 0.2) is 18.2 Å². The quantitative estimate of drug-likeness (QED) is 0.896. The van der Waals surface area contributed by atoms with E-state index in [2.05, 4.69) is 5.32 Å². The van der Waals surface area contributed by atoms with Crippen molar-refractivity contribution in [2.45, 2.75) is 26.4 Å². The van der Waals surface area contributed by atoms with Crippen molar-refractivity contribution in [3.8, 4) is 5.75 Å². The number of alkyl carbamates (subject to hydrolysis) is 1. The molecule has 0 saturated carbocycles. The molecule has 0 aromatic heterocycles. The largest absolute Gasteiger partial charge is 0.504 e. The highest BCUT2D eigenvalue weighted by Gasteiger charge is 2.15. The number of aromatic hydroxyl groups is 1. The van der Waals surface area contributed by atoms with Crippen molar-refractivity contribution in [3.63, 3.8) is 0 Å². The van der Waals surface area contributed by atoms with Crippen molar-refractivity contribution in [2.24, 2.45) is 0 Å². The molecular weight excluding hydrogens is 268 g/mol. The summed E-state index contributed by atoms with van der Waals surface area (Å²) in [6, 6.07) is 1.58. The van der Waals surface area contributed by atoms with Gasteiger partial charge in [0.05, 0.1) is 0 Å². The SMILES string of the molecule is CC(C)(C)OC(=O)NCC=Cc1cc(F)cc(F)c1O. The Labute approximate surface area is 116 Å². The van der Waals surface area contributed by atoms with Crippen LogP contribution in [0.25, 0.3) is 6.08 Å². The molecule has 0 heterocycles. The zero-order valence-corrected chi connectivity index (χ0v) is 11.5. The van der Waals surface area contributed by atoms with Gasteiger partial charge < -0.3 is 15.2 Å². The molecule has 0 spiro atoms. The third-order valence-corrected chi connectivity index (χ3v) is 2.12. The second-order valence-electron chi connectivity index (χ2n) is 5.11. The number of phenols is 1. The average molecular weight is 285 g/mol. The lowest BCUT2D eigenvalue weighted by Crippen LogP contribution is -2.32. The molecule has 110 valence electrons. The van der Waals surface area contributed by atoms with E-state index in [9.17, 15) is 18.7 Å². The van der Waals surface area contributed by atoms with Crippen molar-refractivity contribution in [3.05, 3.63) is 35.4 Å². The standard InChI is InChI=1S/C14H17F2NO3/c1-14(2,3)20-13(19)17-6-4-5-9-7-10(15)8-11(16)12(9)18/h4-5,7-8,18H,6H2,1-3H3,(H,17,19). The average Bonchev–Trinajstić information content (AvgIpc) is 2.28. The van der Waals surface area contributed by atoms with E-state index in [1.807, 2.05) is 0 Å². The van der Waals surface area contributed by atoms with E-state index >= 15 is 0 Å². The highest BCUT2D eigenvalue weighted by molar-refractivity contribution is 5.68. The van der Waals surface area contributed by atoms with Crippen molar-refractivity contribution in [2.75, 3.05) is 6.54 Å². The number of halogens is 2. The van der Waals surface area contributed by atoms with Crippen LogP contribution in [0, 0.1) is 11.6 Å². The lowest BCUT2D eigenvalue weighted by molar-refractivity contribution is 0.0534. The minimum absolute atomic E-state index is 0.00603. The second-order valence-corrected chi connectivity index (χ2v) is 5.11. The van der Waals surface area contributed by atoms with Crippen LogP contribution in [0.4, 0.5) is 13.6 Å². The summed E-state index contributed by atoms with van der Waals surface area (Å²) in [6.07, 6.45) is 2.15. The van der Waals surface area contributed by atoms with E-state index in [-0.39, 0.29) is 12.1 Å². The van der Waals surface area contributed by atoms with Gasteiger partial charge in [-0.25, -0.2) is 13.6 Å². The fourth-order valence-corrected chi connectivity index (χ4v) is 1.36. The smallest absolute Gasteiger partial charge is 0.407 e. The highest BCUT2D eigenvalue weighted by atomic mass is 19.1. The molecule has 0 bridgehead atoms. The summed E-state index contributed by atoms with van der Waals surface area (Å²) in [7, 11) is 0. The molecule has 0 unspecified atom stereocenters. The molecule has 0 saturated heterocycles. The Morgan fingerprint density at radius 1 is 1.40 bits per heavy atom. The number of benzene rings is 1. The lowest BCUT2D eigenvalue weighted by Gasteiger charge is -2.19. The van der Waals surface area contributed by atoms with Gasteiger partial charge in [0.25, 0.3) is 0 Å². The van der Waals surface area contributed by atoms with Gasteiger partial charge in [-0.2, -0.15) is 0 Å². The van der Waals surface area contributed by atoms with Gasteiger partial charge in [-0.3, -0.25) is 0 Å². The van der Waals surface area contributed by atoms with Crippen molar-refractivity contribution in [1.29, 1.82) is 0 Å². The third-order valence-electron chi connectivity index (χ3n) is 2.12. The second kappa shape index (κ2) is 6.36. The van der Waals surface area contributed by atoms with E-state index < -0.39 is 29.1 Å². The first-order chi connectivity index (χ1) is 9.19. The number of ether oxygens (including phenoxy) is 1. The summed E-state index contributed by atoms with van der Waals surface area (Å²) < 4.78 is 31.0. The van der Waals surface area contributed by atoms with Crippen LogP contribution in [0.2, 0.25) is 0 Å². The van der Waals surface area contributed by atoms with Gasteiger partial charge in [0.2, 0.25) is 0 Å². The Balaban J connectivity index is 2.56. The van der Waals surface area contributed by atoms with Gasteiger partial charge in [0, 0.05) is 18.2 Å². The number of hydrogen-bond acceptors (Lipinski definition) is 3. The molecule has 1 amide bonds. The third kappa shape index (κ3) is 5.26. The number of phenolic OH excluding ortho intramolecular Hbond substituents is 1. The Morgan fingerprint density at radius 3 is 2.65 bits per heavy atom. The Morgan fingerprint density at radius 2 is 2.05 bits per heavy atom. The summed E-state index contributed by atoms with van der Waals surface area (Å²) in [5.41, 5.74) is -0.605. The van der Waals surface area contributed by atoms with Crippen molar-refractivity contribution in [1.82, 2.24) is 5.32 Å². The van der Waals surface area contributed by atoms with Gasteiger partial charge in [-0.05, 0) is 26.8 Å². The van der Waals surface area contributed by atoms with E-state index in [0.717, 1.165) is 6.07 Å². The molecule has 0 radical (unpaired) electrons. The van der Waals surface area contributed by atoms with Crippen LogP contribution in [-0.2, 0) is 4.74 Å². The number of hydrogen-bond donors (Lipinski definition) is 2.